The van der Waals surface area contributed by atoms with E-state index in [0.717, 1.165) is 33.4 Å². The SMILES string of the molecule is CSc1cccc(NC(=O)CCc2c(C)nn(-c3cc(N(C)C)ncn3)c2C)c1. The second-order valence-corrected chi connectivity index (χ2v) is 7.85. The van der Waals surface area contributed by atoms with Crippen LogP contribution in [0, 0.1) is 13.8 Å². The molecule has 0 fully saturated rings. The Morgan fingerprint density at radius 1 is 1.21 bits per heavy atom. The molecule has 8 heteroatoms. The summed E-state index contributed by atoms with van der Waals surface area (Å²) in [7, 11) is 3.87. The summed E-state index contributed by atoms with van der Waals surface area (Å²) in [6.07, 6.45) is 4.57. The van der Waals surface area contributed by atoms with Gasteiger partial charge in [-0.05, 0) is 50.3 Å². The number of benzene rings is 1. The van der Waals surface area contributed by atoms with Crippen molar-refractivity contribution in [3.8, 4) is 5.82 Å². The lowest BCUT2D eigenvalue weighted by molar-refractivity contribution is -0.116. The van der Waals surface area contributed by atoms with Crippen LogP contribution in [0.25, 0.3) is 5.82 Å². The zero-order valence-electron chi connectivity index (χ0n) is 17.4. The number of hydrogen-bond donors (Lipinski definition) is 1. The molecule has 0 spiro atoms. The van der Waals surface area contributed by atoms with E-state index in [4.69, 9.17) is 0 Å². The molecule has 0 unspecified atom stereocenters. The summed E-state index contributed by atoms with van der Waals surface area (Å²) < 4.78 is 1.82. The highest BCUT2D eigenvalue weighted by Gasteiger charge is 2.16. The maximum Gasteiger partial charge on any atom is 0.224 e. The van der Waals surface area contributed by atoms with Gasteiger partial charge in [-0.3, -0.25) is 4.79 Å². The van der Waals surface area contributed by atoms with Crippen LogP contribution in [0.15, 0.2) is 41.6 Å². The van der Waals surface area contributed by atoms with Crippen molar-refractivity contribution in [3.05, 3.63) is 53.6 Å². The van der Waals surface area contributed by atoms with Gasteiger partial charge in [0.05, 0.1) is 5.69 Å². The van der Waals surface area contributed by atoms with Gasteiger partial charge in [-0.1, -0.05) is 6.07 Å². The van der Waals surface area contributed by atoms with E-state index in [2.05, 4.69) is 20.4 Å². The zero-order chi connectivity index (χ0) is 21.0. The van der Waals surface area contributed by atoms with Crippen molar-refractivity contribution >= 4 is 29.2 Å². The summed E-state index contributed by atoms with van der Waals surface area (Å²) in [5, 5.41) is 7.62. The summed E-state index contributed by atoms with van der Waals surface area (Å²) in [5.74, 6) is 1.52. The second kappa shape index (κ2) is 9.09. The Hall–Kier alpha value is -2.87. The van der Waals surface area contributed by atoms with Crippen molar-refractivity contribution in [2.75, 3.05) is 30.6 Å². The Kier molecular flexibility index (Phi) is 6.53. The highest BCUT2D eigenvalue weighted by molar-refractivity contribution is 7.98. The van der Waals surface area contributed by atoms with Gasteiger partial charge in [0.25, 0.3) is 0 Å². The minimum atomic E-state index is -0.00765. The van der Waals surface area contributed by atoms with Gasteiger partial charge < -0.3 is 10.2 Å². The third kappa shape index (κ3) is 4.95. The average molecular weight is 411 g/mol. The highest BCUT2D eigenvalue weighted by atomic mass is 32.2. The minimum absolute atomic E-state index is 0.00765. The van der Waals surface area contributed by atoms with Gasteiger partial charge in [-0.2, -0.15) is 5.10 Å². The molecule has 0 saturated carbocycles. The number of thioether (sulfide) groups is 1. The molecule has 3 rings (SSSR count). The molecule has 0 aliphatic heterocycles. The molecule has 2 aromatic heterocycles. The lowest BCUT2D eigenvalue weighted by Crippen LogP contribution is -2.13. The number of carbonyl (C=O) groups excluding carboxylic acids is 1. The third-order valence-electron chi connectivity index (χ3n) is 4.71. The lowest BCUT2D eigenvalue weighted by atomic mass is 10.1. The number of aromatic nitrogens is 4. The molecule has 0 saturated heterocycles. The number of amides is 1. The van der Waals surface area contributed by atoms with Gasteiger partial charge in [0, 0.05) is 42.9 Å². The lowest BCUT2D eigenvalue weighted by Gasteiger charge is -2.12. The quantitative estimate of drug-likeness (QED) is 0.600. The number of rotatable bonds is 7. The van der Waals surface area contributed by atoms with Crippen LogP contribution < -0.4 is 10.2 Å². The van der Waals surface area contributed by atoms with E-state index < -0.39 is 0 Å². The topological polar surface area (TPSA) is 75.9 Å². The molecule has 0 aliphatic carbocycles. The Labute approximate surface area is 175 Å². The normalized spacial score (nSPS) is 10.8. The molecule has 1 aromatic carbocycles. The van der Waals surface area contributed by atoms with E-state index >= 15 is 0 Å². The summed E-state index contributed by atoms with van der Waals surface area (Å²) in [6.45, 7) is 3.97. The Morgan fingerprint density at radius 2 is 2.00 bits per heavy atom. The first kappa shape index (κ1) is 20.9. The van der Waals surface area contributed by atoms with Crippen LogP contribution in [0.4, 0.5) is 11.5 Å². The molecule has 1 N–H and O–H groups in total. The number of carbonyl (C=O) groups is 1. The Bertz CT molecular complexity index is 1010. The van der Waals surface area contributed by atoms with Crippen LogP contribution in [0.2, 0.25) is 0 Å². The van der Waals surface area contributed by atoms with Crippen molar-refractivity contribution in [3.63, 3.8) is 0 Å². The first-order valence-electron chi connectivity index (χ1n) is 9.37. The maximum absolute atomic E-state index is 12.4. The van der Waals surface area contributed by atoms with Crippen molar-refractivity contribution in [2.24, 2.45) is 0 Å². The Morgan fingerprint density at radius 3 is 2.72 bits per heavy atom. The number of nitrogens with one attached hydrogen (secondary N) is 1. The molecule has 7 nitrogen and oxygen atoms in total. The number of hydrogen-bond acceptors (Lipinski definition) is 6. The van der Waals surface area contributed by atoms with Crippen LogP contribution in [0.5, 0.6) is 0 Å². The third-order valence-corrected chi connectivity index (χ3v) is 5.44. The summed E-state index contributed by atoms with van der Waals surface area (Å²) in [6, 6.07) is 9.76. The standard InChI is InChI=1S/C21H26N6OS/c1-14-18(9-10-21(28)24-16-7-6-8-17(11-16)29-5)15(2)27(25-14)20-12-19(26(3)4)22-13-23-20/h6-8,11-13H,9-10H2,1-5H3,(H,24,28). The zero-order valence-corrected chi connectivity index (χ0v) is 18.2. The van der Waals surface area contributed by atoms with Gasteiger partial charge in [0.15, 0.2) is 5.82 Å². The van der Waals surface area contributed by atoms with Gasteiger partial charge in [-0.15, -0.1) is 11.8 Å². The van der Waals surface area contributed by atoms with E-state index in [-0.39, 0.29) is 5.91 Å². The van der Waals surface area contributed by atoms with Crippen LogP contribution in [-0.2, 0) is 11.2 Å². The van der Waals surface area contributed by atoms with E-state index in [1.54, 1.807) is 11.8 Å². The first-order chi connectivity index (χ1) is 13.9. The number of nitrogens with zero attached hydrogens (tertiary/aromatic N) is 5. The van der Waals surface area contributed by atoms with Gasteiger partial charge in [-0.25, -0.2) is 14.6 Å². The molecule has 2 heterocycles. The summed E-state index contributed by atoms with van der Waals surface area (Å²) in [5.41, 5.74) is 3.79. The Balaban J connectivity index is 1.72. The molecule has 0 aliphatic rings. The van der Waals surface area contributed by atoms with E-state index in [1.807, 2.05) is 74.1 Å². The van der Waals surface area contributed by atoms with Crippen LogP contribution in [-0.4, -0.2) is 46.0 Å². The summed E-state index contributed by atoms with van der Waals surface area (Å²) in [4.78, 5) is 24.1. The predicted octanol–water partition coefficient (Wildman–Crippen LogP) is 3.64. The van der Waals surface area contributed by atoms with Crippen LogP contribution in [0.3, 0.4) is 0 Å². The maximum atomic E-state index is 12.4. The second-order valence-electron chi connectivity index (χ2n) is 6.97. The highest BCUT2D eigenvalue weighted by Crippen LogP contribution is 2.21. The van der Waals surface area contributed by atoms with Crippen molar-refractivity contribution < 1.29 is 4.79 Å². The van der Waals surface area contributed by atoms with Gasteiger partial charge in [0.1, 0.15) is 12.1 Å². The van der Waals surface area contributed by atoms with Gasteiger partial charge >= 0.3 is 0 Å². The van der Waals surface area contributed by atoms with Crippen LogP contribution in [0.1, 0.15) is 23.4 Å². The number of aryl methyl sites for hydroxylation is 1. The molecule has 29 heavy (non-hydrogen) atoms. The fourth-order valence-electron chi connectivity index (χ4n) is 3.12. The molecule has 0 atom stereocenters. The fraction of sp³-hybridized carbons (Fsp3) is 0.333. The number of anilines is 2. The average Bonchev–Trinajstić information content (AvgIpc) is 3.00. The van der Waals surface area contributed by atoms with Crippen LogP contribution >= 0.6 is 11.8 Å². The molecule has 0 bridgehead atoms. The summed E-state index contributed by atoms with van der Waals surface area (Å²) >= 11 is 1.65. The van der Waals surface area contributed by atoms with Crippen molar-refractivity contribution in [1.29, 1.82) is 0 Å². The predicted molar refractivity (Wildman–Crippen MR) is 118 cm³/mol. The van der Waals surface area contributed by atoms with Crippen molar-refractivity contribution in [1.82, 2.24) is 19.7 Å². The smallest absolute Gasteiger partial charge is 0.224 e. The van der Waals surface area contributed by atoms with E-state index in [1.165, 1.54) is 6.33 Å². The van der Waals surface area contributed by atoms with E-state index in [9.17, 15) is 4.79 Å². The van der Waals surface area contributed by atoms with Gasteiger partial charge in [0.2, 0.25) is 5.91 Å². The fourth-order valence-corrected chi connectivity index (χ4v) is 3.58. The molecular formula is C21H26N6OS. The molecule has 0 radical (unpaired) electrons. The molecule has 3 aromatic rings. The van der Waals surface area contributed by atoms with E-state index in [0.29, 0.717) is 18.7 Å². The largest absolute Gasteiger partial charge is 0.363 e. The first-order valence-corrected chi connectivity index (χ1v) is 10.6. The van der Waals surface area contributed by atoms with Crippen molar-refractivity contribution in [2.45, 2.75) is 31.6 Å². The molecular weight excluding hydrogens is 384 g/mol. The molecule has 1 amide bonds. The minimum Gasteiger partial charge on any atom is -0.363 e. The molecule has 152 valence electrons. The monoisotopic (exact) mass is 410 g/mol.